The second kappa shape index (κ2) is 6.40. The SMILES string of the molecule is CNCC(C(=O)O)c1cc(C(C)C)ccc1OC. The van der Waals surface area contributed by atoms with Crippen molar-refractivity contribution in [3.05, 3.63) is 29.3 Å². The Balaban J connectivity index is 3.24. The summed E-state index contributed by atoms with van der Waals surface area (Å²) in [6.07, 6.45) is 0. The van der Waals surface area contributed by atoms with Crippen molar-refractivity contribution in [3.8, 4) is 5.75 Å². The first-order valence-electron chi connectivity index (χ1n) is 6.06. The minimum Gasteiger partial charge on any atom is -0.496 e. The Bertz CT molecular complexity index is 416. The van der Waals surface area contributed by atoms with Gasteiger partial charge in [0.1, 0.15) is 5.75 Å². The Labute approximate surface area is 108 Å². The number of hydrogen-bond acceptors (Lipinski definition) is 3. The van der Waals surface area contributed by atoms with Crippen molar-refractivity contribution >= 4 is 5.97 Å². The fourth-order valence-corrected chi connectivity index (χ4v) is 1.92. The van der Waals surface area contributed by atoms with Gasteiger partial charge in [0.25, 0.3) is 0 Å². The molecule has 1 aromatic carbocycles. The standard InChI is InChI=1S/C14H21NO3/c1-9(2)10-5-6-13(18-4)11(7-10)12(8-15-3)14(16)17/h5-7,9,12,15H,8H2,1-4H3,(H,16,17). The number of likely N-dealkylation sites (N-methyl/N-ethyl adjacent to an activating group) is 1. The van der Waals surface area contributed by atoms with E-state index in [0.717, 1.165) is 11.1 Å². The average molecular weight is 251 g/mol. The topological polar surface area (TPSA) is 58.6 Å². The molecule has 2 N–H and O–H groups in total. The van der Waals surface area contributed by atoms with Gasteiger partial charge in [0.15, 0.2) is 0 Å². The van der Waals surface area contributed by atoms with E-state index in [4.69, 9.17) is 4.74 Å². The zero-order valence-corrected chi connectivity index (χ0v) is 11.4. The molecule has 0 fully saturated rings. The number of carboxylic acid groups (broad SMARTS) is 1. The van der Waals surface area contributed by atoms with E-state index in [2.05, 4.69) is 19.2 Å². The van der Waals surface area contributed by atoms with Crippen LogP contribution in [-0.4, -0.2) is 31.8 Å². The molecule has 1 unspecified atom stereocenters. The molecule has 18 heavy (non-hydrogen) atoms. The van der Waals surface area contributed by atoms with Crippen molar-refractivity contribution in [2.75, 3.05) is 20.7 Å². The lowest BCUT2D eigenvalue weighted by atomic mass is 9.93. The number of benzene rings is 1. The molecule has 0 saturated heterocycles. The van der Waals surface area contributed by atoms with Crippen LogP contribution in [-0.2, 0) is 4.79 Å². The van der Waals surface area contributed by atoms with Crippen LogP contribution in [0.3, 0.4) is 0 Å². The van der Waals surface area contributed by atoms with Crippen molar-refractivity contribution in [2.45, 2.75) is 25.7 Å². The molecule has 0 aliphatic rings. The van der Waals surface area contributed by atoms with Crippen LogP contribution in [0.25, 0.3) is 0 Å². The van der Waals surface area contributed by atoms with Crippen molar-refractivity contribution in [3.63, 3.8) is 0 Å². The van der Waals surface area contributed by atoms with Crippen LogP contribution in [0.4, 0.5) is 0 Å². The molecular formula is C14H21NO3. The summed E-state index contributed by atoms with van der Waals surface area (Å²) < 4.78 is 5.27. The minimum absolute atomic E-state index is 0.360. The number of carboxylic acids is 1. The lowest BCUT2D eigenvalue weighted by Gasteiger charge is -2.18. The summed E-state index contributed by atoms with van der Waals surface area (Å²) >= 11 is 0. The van der Waals surface area contributed by atoms with Gasteiger partial charge in [-0.2, -0.15) is 0 Å². The molecule has 0 bridgehead atoms. The van der Waals surface area contributed by atoms with Gasteiger partial charge in [-0.05, 0) is 24.6 Å². The number of ether oxygens (including phenoxy) is 1. The maximum absolute atomic E-state index is 11.3. The number of rotatable bonds is 6. The molecule has 1 aromatic rings. The summed E-state index contributed by atoms with van der Waals surface area (Å²) in [5, 5.41) is 12.2. The van der Waals surface area contributed by atoms with Crippen LogP contribution in [0.5, 0.6) is 5.75 Å². The molecule has 0 aromatic heterocycles. The van der Waals surface area contributed by atoms with Gasteiger partial charge in [0.2, 0.25) is 0 Å². The maximum Gasteiger partial charge on any atom is 0.312 e. The highest BCUT2D eigenvalue weighted by atomic mass is 16.5. The molecule has 1 rings (SSSR count). The fourth-order valence-electron chi connectivity index (χ4n) is 1.92. The summed E-state index contributed by atoms with van der Waals surface area (Å²) in [6, 6.07) is 5.75. The maximum atomic E-state index is 11.3. The highest BCUT2D eigenvalue weighted by molar-refractivity contribution is 5.77. The first-order chi connectivity index (χ1) is 8.51. The summed E-state index contributed by atoms with van der Waals surface area (Å²) in [4.78, 5) is 11.3. The molecule has 0 aliphatic carbocycles. The van der Waals surface area contributed by atoms with Crippen molar-refractivity contribution in [1.82, 2.24) is 5.32 Å². The number of carbonyl (C=O) groups is 1. The van der Waals surface area contributed by atoms with Crippen LogP contribution in [0, 0.1) is 0 Å². The Morgan fingerprint density at radius 1 is 1.44 bits per heavy atom. The van der Waals surface area contributed by atoms with E-state index in [0.29, 0.717) is 18.2 Å². The fraction of sp³-hybridized carbons (Fsp3) is 0.500. The van der Waals surface area contributed by atoms with Crippen molar-refractivity contribution in [1.29, 1.82) is 0 Å². The van der Waals surface area contributed by atoms with Crippen molar-refractivity contribution in [2.24, 2.45) is 0 Å². The second-order valence-electron chi connectivity index (χ2n) is 4.60. The van der Waals surface area contributed by atoms with Gasteiger partial charge in [-0.25, -0.2) is 0 Å². The lowest BCUT2D eigenvalue weighted by Crippen LogP contribution is -2.24. The van der Waals surface area contributed by atoms with E-state index in [-0.39, 0.29) is 0 Å². The van der Waals surface area contributed by atoms with Gasteiger partial charge in [-0.1, -0.05) is 26.0 Å². The molecule has 4 nitrogen and oxygen atoms in total. The predicted molar refractivity (Wildman–Crippen MR) is 71.4 cm³/mol. The average Bonchev–Trinajstić information content (AvgIpc) is 2.34. The van der Waals surface area contributed by atoms with Crippen LogP contribution in [0.1, 0.15) is 36.8 Å². The molecule has 0 radical (unpaired) electrons. The third-order valence-electron chi connectivity index (χ3n) is 3.00. The lowest BCUT2D eigenvalue weighted by molar-refractivity contribution is -0.138. The number of aliphatic carboxylic acids is 1. The Morgan fingerprint density at radius 2 is 2.11 bits per heavy atom. The monoisotopic (exact) mass is 251 g/mol. The number of hydrogen-bond donors (Lipinski definition) is 2. The zero-order valence-electron chi connectivity index (χ0n) is 11.4. The normalized spacial score (nSPS) is 12.5. The summed E-state index contributed by atoms with van der Waals surface area (Å²) in [5.41, 5.74) is 1.85. The van der Waals surface area contributed by atoms with Gasteiger partial charge >= 0.3 is 5.97 Å². The van der Waals surface area contributed by atoms with E-state index in [1.807, 2.05) is 18.2 Å². The first-order valence-corrected chi connectivity index (χ1v) is 6.06. The van der Waals surface area contributed by atoms with Crippen LogP contribution >= 0.6 is 0 Å². The number of nitrogens with one attached hydrogen (secondary N) is 1. The van der Waals surface area contributed by atoms with E-state index in [9.17, 15) is 9.90 Å². The first kappa shape index (κ1) is 14.5. The van der Waals surface area contributed by atoms with Crippen LogP contribution in [0.15, 0.2) is 18.2 Å². The van der Waals surface area contributed by atoms with Crippen molar-refractivity contribution < 1.29 is 14.6 Å². The van der Waals surface area contributed by atoms with Gasteiger partial charge in [-0.15, -0.1) is 0 Å². The third-order valence-corrected chi connectivity index (χ3v) is 3.00. The molecule has 0 heterocycles. The Kier molecular flexibility index (Phi) is 5.16. The second-order valence-corrected chi connectivity index (χ2v) is 4.60. The quantitative estimate of drug-likeness (QED) is 0.813. The highest BCUT2D eigenvalue weighted by Crippen LogP contribution is 2.30. The highest BCUT2D eigenvalue weighted by Gasteiger charge is 2.23. The third kappa shape index (κ3) is 3.23. The van der Waals surface area contributed by atoms with Crippen LogP contribution in [0.2, 0.25) is 0 Å². The zero-order chi connectivity index (χ0) is 13.7. The minimum atomic E-state index is -0.844. The molecule has 0 aliphatic heterocycles. The molecular weight excluding hydrogens is 230 g/mol. The van der Waals surface area contributed by atoms with Gasteiger partial charge in [0, 0.05) is 12.1 Å². The molecule has 0 amide bonds. The van der Waals surface area contributed by atoms with Gasteiger partial charge in [0.05, 0.1) is 13.0 Å². The summed E-state index contributed by atoms with van der Waals surface area (Å²) in [5.74, 6) is -0.451. The molecule has 4 heteroatoms. The van der Waals surface area contributed by atoms with E-state index in [1.165, 1.54) is 0 Å². The van der Waals surface area contributed by atoms with Gasteiger partial charge < -0.3 is 15.2 Å². The van der Waals surface area contributed by atoms with E-state index >= 15 is 0 Å². The smallest absolute Gasteiger partial charge is 0.312 e. The van der Waals surface area contributed by atoms with E-state index < -0.39 is 11.9 Å². The Hall–Kier alpha value is -1.55. The largest absolute Gasteiger partial charge is 0.496 e. The van der Waals surface area contributed by atoms with Gasteiger partial charge in [-0.3, -0.25) is 4.79 Å². The Morgan fingerprint density at radius 3 is 2.56 bits per heavy atom. The molecule has 0 spiro atoms. The summed E-state index contributed by atoms with van der Waals surface area (Å²) in [7, 11) is 3.31. The summed E-state index contributed by atoms with van der Waals surface area (Å²) in [6.45, 7) is 4.55. The molecule has 1 atom stereocenters. The molecule has 0 saturated carbocycles. The molecule has 100 valence electrons. The number of methoxy groups -OCH3 is 1. The van der Waals surface area contributed by atoms with Crippen LogP contribution < -0.4 is 10.1 Å². The predicted octanol–water partition coefficient (Wildman–Crippen LogP) is 2.21. The van der Waals surface area contributed by atoms with E-state index in [1.54, 1.807) is 14.2 Å².